The van der Waals surface area contributed by atoms with Gasteiger partial charge in [-0.1, -0.05) is 104 Å². The first-order valence-corrected chi connectivity index (χ1v) is 11.7. The molecule has 3 aromatic carbocycles. The second kappa shape index (κ2) is 8.57. The number of aromatic nitrogens is 2. The van der Waals surface area contributed by atoms with E-state index in [4.69, 9.17) is 16.6 Å². The molecule has 1 heterocycles. The fraction of sp³-hybridized carbons (Fsp3) is 0.250. The van der Waals surface area contributed by atoms with Crippen molar-refractivity contribution in [1.82, 2.24) is 9.55 Å². The zero-order chi connectivity index (χ0) is 22.0. The second-order valence-electron chi connectivity index (χ2n) is 8.61. The highest BCUT2D eigenvalue weighted by molar-refractivity contribution is 6.21. The molecule has 162 valence electrons. The van der Waals surface area contributed by atoms with E-state index in [0.717, 1.165) is 36.0 Å². The maximum Gasteiger partial charge on any atom is 0.124 e. The summed E-state index contributed by atoms with van der Waals surface area (Å²) in [7, 11) is 0. The van der Waals surface area contributed by atoms with Crippen molar-refractivity contribution in [3.63, 3.8) is 0 Å². The molecular weight excluding hydrogens is 416 g/mol. The molecule has 32 heavy (non-hydrogen) atoms. The monoisotopic (exact) mass is 442 g/mol. The van der Waals surface area contributed by atoms with E-state index >= 15 is 0 Å². The maximum absolute atomic E-state index is 11.5. The van der Waals surface area contributed by atoms with E-state index in [1.807, 2.05) is 30.7 Å². The quantitative estimate of drug-likeness (QED) is 0.300. The SMILES string of the molecule is OC1(c2cn(C(c3ccccc3)(c3ccccc3)c3ccccc3)cn2)CCCCC1Cl. The Hall–Kier alpha value is -2.88. The van der Waals surface area contributed by atoms with Crippen LogP contribution < -0.4 is 0 Å². The Morgan fingerprint density at radius 1 is 0.812 bits per heavy atom. The fourth-order valence-electron chi connectivity index (χ4n) is 5.12. The molecule has 1 aliphatic rings. The molecule has 0 spiro atoms. The maximum atomic E-state index is 11.5. The van der Waals surface area contributed by atoms with Crippen molar-refractivity contribution in [3.05, 3.63) is 126 Å². The fourth-order valence-corrected chi connectivity index (χ4v) is 5.49. The molecule has 1 aliphatic carbocycles. The average molecular weight is 443 g/mol. The van der Waals surface area contributed by atoms with Gasteiger partial charge in [-0.05, 0) is 29.5 Å². The van der Waals surface area contributed by atoms with Crippen molar-refractivity contribution >= 4 is 11.6 Å². The lowest BCUT2D eigenvalue weighted by molar-refractivity contribution is 0.0000192. The van der Waals surface area contributed by atoms with Gasteiger partial charge in [-0.25, -0.2) is 4.98 Å². The van der Waals surface area contributed by atoms with Crippen LogP contribution in [0.1, 0.15) is 48.1 Å². The Morgan fingerprint density at radius 3 is 1.78 bits per heavy atom. The van der Waals surface area contributed by atoms with E-state index in [-0.39, 0.29) is 5.38 Å². The molecule has 1 fully saturated rings. The zero-order valence-electron chi connectivity index (χ0n) is 17.9. The van der Waals surface area contributed by atoms with Crippen LogP contribution in [0.2, 0.25) is 0 Å². The van der Waals surface area contributed by atoms with Gasteiger partial charge in [0.05, 0.1) is 17.4 Å². The first kappa shape index (κ1) is 21.0. The lowest BCUT2D eigenvalue weighted by atomic mass is 9.76. The molecule has 1 aromatic heterocycles. The lowest BCUT2D eigenvalue weighted by Crippen LogP contribution is -2.40. The minimum Gasteiger partial charge on any atom is -0.382 e. The van der Waals surface area contributed by atoms with E-state index in [2.05, 4.69) is 77.4 Å². The van der Waals surface area contributed by atoms with Gasteiger partial charge in [0.25, 0.3) is 0 Å². The van der Waals surface area contributed by atoms with Crippen molar-refractivity contribution < 1.29 is 5.11 Å². The van der Waals surface area contributed by atoms with E-state index in [0.29, 0.717) is 12.1 Å². The van der Waals surface area contributed by atoms with Gasteiger partial charge in [-0.15, -0.1) is 11.6 Å². The highest BCUT2D eigenvalue weighted by Gasteiger charge is 2.44. The average Bonchev–Trinajstić information content (AvgIpc) is 3.35. The van der Waals surface area contributed by atoms with E-state index in [1.165, 1.54) is 0 Å². The summed E-state index contributed by atoms with van der Waals surface area (Å²) in [5.41, 5.74) is 2.27. The summed E-state index contributed by atoms with van der Waals surface area (Å²) in [6.45, 7) is 0. The molecule has 1 saturated carbocycles. The Balaban J connectivity index is 1.78. The normalized spacial score (nSPS) is 21.4. The number of imidazole rings is 1. The third-order valence-corrected chi connectivity index (χ3v) is 7.35. The van der Waals surface area contributed by atoms with Crippen LogP contribution in [0.25, 0.3) is 0 Å². The number of rotatable bonds is 5. The van der Waals surface area contributed by atoms with Crippen LogP contribution in [-0.4, -0.2) is 20.0 Å². The molecule has 0 amide bonds. The minimum absolute atomic E-state index is 0.334. The topological polar surface area (TPSA) is 38.0 Å². The van der Waals surface area contributed by atoms with Gasteiger partial charge in [0, 0.05) is 6.20 Å². The van der Waals surface area contributed by atoms with Gasteiger partial charge >= 0.3 is 0 Å². The number of aliphatic hydroxyl groups is 1. The third-order valence-electron chi connectivity index (χ3n) is 6.77. The molecule has 0 saturated heterocycles. The number of halogens is 1. The van der Waals surface area contributed by atoms with Gasteiger partial charge in [0.1, 0.15) is 11.1 Å². The standard InChI is InChI=1S/C28H27ClN2O/c29-25-18-10-11-19-27(25,32)26-20-31(21-30-26)28(22-12-4-1-5-13-22,23-14-6-2-7-15-23)24-16-8-3-9-17-24/h1-9,12-17,20-21,25,32H,10-11,18-19H2. The number of hydrogen-bond acceptors (Lipinski definition) is 2. The predicted octanol–water partition coefficient (Wildman–Crippen LogP) is 6.09. The summed E-state index contributed by atoms with van der Waals surface area (Å²) in [5, 5.41) is 11.2. The van der Waals surface area contributed by atoms with Crippen LogP contribution in [0.4, 0.5) is 0 Å². The summed E-state index contributed by atoms with van der Waals surface area (Å²) in [6.07, 6.45) is 7.26. The van der Waals surface area contributed by atoms with Crippen LogP contribution in [0.15, 0.2) is 104 Å². The summed E-state index contributed by atoms with van der Waals surface area (Å²) < 4.78 is 2.14. The van der Waals surface area contributed by atoms with Gasteiger partial charge in [0.15, 0.2) is 0 Å². The van der Waals surface area contributed by atoms with Crippen molar-refractivity contribution in [3.8, 4) is 0 Å². The highest BCUT2D eigenvalue weighted by atomic mass is 35.5. The van der Waals surface area contributed by atoms with Crippen molar-refractivity contribution in [1.29, 1.82) is 0 Å². The molecular formula is C28H27ClN2O. The van der Waals surface area contributed by atoms with Gasteiger partial charge in [-0.3, -0.25) is 0 Å². The van der Waals surface area contributed by atoms with Gasteiger partial charge in [0.2, 0.25) is 0 Å². The third kappa shape index (κ3) is 3.37. The molecule has 1 N–H and O–H groups in total. The van der Waals surface area contributed by atoms with Crippen LogP contribution in [0, 0.1) is 0 Å². The smallest absolute Gasteiger partial charge is 0.124 e. The van der Waals surface area contributed by atoms with E-state index in [9.17, 15) is 5.11 Å². The van der Waals surface area contributed by atoms with Crippen molar-refractivity contribution in [2.75, 3.05) is 0 Å². The van der Waals surface area contributed by atoms with Crippen molar-refractivity contribution in [2.45, 2.75) is 42.2 Å². The van der Waals surface area contributed by atoms with E-state index < -0.39 is 11.1 Å². The number of nitrogens with zero attached hydrogens (tertiary/aromatic N) is 2. The number of benzene rings is 3. The molecule has 2 unspecified atom stereocenters. The van der Waals surface area contributed by atoms with Crippen LogP contribution in [0.3, 0.4) is 0 Å². The Bertz CT molecular complexity index is 1060. The molecule has 4 heteroatoms. The molecule has 0 aliphatic heterocycles. The second-order valence-corrected chi connectivity index (χ2v) is 9.14. The van der Waals surface area contributed by atoms with Gasteiger partial charge < -0.3 is 9.67 Å². The molecule has 0 radical (unpaired) electrons. The Morgan fingerprint density at radius 2 is 1.31 bits per heavy atom. The highest BCUT2D eigenvalue weighted by Crippen LogP contribution is 2.44. The predicted molar refractivity (Wildman–Crippen MR) is 129 cm³/mol. The summed E-state index contributed by atoms with van der Waals surface area (Å²) in [5.74, 6) is 0. The van der Waals surface area contributed by atoms with E-state index in [1.54, 1.807) is 0 Å². The molecule has 4 aromatic rings. The molecule has 5 rings (SSSR count). The van der Waals surface area contributed by atoms with Crippen LogP contribution in [-0.2, 0) is 11.1 Å². The molecule has 3 nitrogen and oxygen atoms in total. The first-order chi connectivity index (χ1) is 15.7. The van der Waals surface area contributed by atoms with Gasteiger partial charge in [-0.2, -0.15) is 0 Å². The minimum atomic E-state index is -1.11. The largest absolute Gasteiger partial charge is 0.382 e. The number of hydrogen-bond donors (Lipinski definition) is 1. The summed E-state index contributed by atoms with van der Waals surface area (Å²) in [6, 6.07) is 31.4. The Kier molecular flexibility index (Phi) is 5.62. The first-order valence-electron chi connectivity index (χ1n) is 11.2. The molecule has 0 bridgehead atoms. The molecule has 2 atom stereocenters. The van der Waals surface area contributed by atoms with Crippen LogP contribution in [0.5, 0.6) is 0 Å². The van der Waals surface area contributed by atoms with Crippen LogP contribution >= 0.6 is 11.6 Å². The Labute approximate surface area is 194 Å². The lowest BCUT2D eigenvalue weighted by Gasteiger charge is -2.38. The zero-order valence-corrected chi connectivity index (χ0v) is 18.7. The van der Waals surface area contributed by atoms with Crippen molar-refractivity contribution in [2.24, 2.45) is 0 Å². The summed E-state index contributed by atoms with van der Waals surface area (Å²) >= 11 is 6.63. The summed E-state index contributed by atoms with van der Waals surface area (Å²) in [4.78, 5) is 4.73. The number of alkyl halides is 1.